The summed E-state index contributed by atoms with van der Waals surface area (Å²) in [5, 5.41) is 0.763. The fourth-order valence-corrected chi connectivity index (χ4v) is 1.57. The molecule has 0 aliphatic heterocycles. The van der Waals surface area contributed by atoms with Gasteiger partial charge in [-0.05, 0) is 57.2 Å². The molecule has 0 spiro atoms. The molecular formula is C11H17ClN2. The summed E-state index contributed by atoms with van der Waals surface area (Å²) in [5.41, 5.74) is 7.83. The Morgan fingerprint density at radius 1 is 1.36 bits per heavy atom. The van der Waals surface area contributed by atoms with Crippen molar-refractivity contribution in [2.45, 2.75) is 12.8 Å². The number of halogens is 1. The van der Waals surface area contributed by atoms with Gasteiger partial charge < -0.3 is 10.6 Å². The minimum absolute atomic E-state index is 0.763. The van der Waals surface area contributed by atoms with Gasteiger partial charge in [0.25, 0.3) is 0 Å². The lowest BCUT2D eigenvalue weighted by atomic mass is 10.1. The molecule has 0 saturated heterocycles. The summed E-state index contributed by atoms with van der Waals surface area (Å²) in [6.07, 6.45) is 2.10. The Bertz CT molecular complexity index is 297. The molecule has 2 nitrogen and oxygen atoms in total. The number of aryl methyl sites for hydroxylation is 1. The van der Waals surface area contributed by atoms with Crippen LogP contribution in [0.1, 0.15) is 12.0 Å². The smallest absolute Gasteiger partial charge is 0.0410 e. The van der Waals surface area contributed by atoms with Gasteiger partial charge in [-0.1, -0.05) is 11.6 Å². The first-order valence-corrected chi connectivity index (χ1v) is 5.16. The van der Waals surface area contributed by atoms with Gasteiger partial charge in [-0.2, -0.15) is 0 Å². The number of hydrogen-bond acceptors (Lipinski definition) is 2. The van der Waals surface area contributed by atoms with Crippen LogP contribution >= 0.6 is 11.6 Å². The molecule has 1 rings (SSSR count). The zero-order valence-electron chi connectivity index (χ0n) is 8.76. The van der Waals surface area contributed by atoms with E-state index in [0.29, 0.717) is 0 Å². The Morgan fingerprint density at radius 3 is 2.71 bits per heavy atom. The molecule has 0 fully saturated rings. The number of nitrogen functional groups attached to an aromatic ring is 1. The predicted molar refractivity (Wildman–Crippen MR) is 62.7 cm³/mol. The van der Waals surface area contributed by atoms with Crippen molar-refractivity contribution < 1.29 is 0 Å². The maximum atomic E-state index is 5.89. The van der Waals surface area contributed by atoms with E-state index in [0.717, 1.165) is 35.7 Å². The second-order valence-corrected chi connectivity index (χ2v) is 4.19. The van der Waals surface area contributed by atoms with E-state index in [2.05, 4.69) is 19.0 Å². The Labute approximate surface area is 90.7 Å². The quantitative estimate of drug-likeness (QED) is 0.777. The summed E-state index contributed by atoms with van der Waals surface area (Å²) >= 11 is 5.89. The number of anilines is 1. The van der Waals surface area contributed by atoms with E-state index >= 15 is 0 Å². The summed E-state index contributed by atoms with van der Waals surface area (Å²) in [7, 11) is 4.14. The Kier molecular flexibility index (Phi) is 4.23. The fraction of sp³-hybridized carbons (Fsp3) is 0.455. The van der Waals surface area contributed by atoms with Crippen LogP contribution in [-0.2, 0) is 6.42 Å². The van der Waals surface area contributed by atoms with Crippen molar-refractivity contribution in [3.8, 4) is 0 Å². The Hall–Kier alpha value is -0.730. The zero-order chi connectivity index (χ0) is 10.6. The van der Waals surface area contributed by atoms with Crippen LogP contribution in [0.25, 0.3) is 0 Å². The molecule has 0 radical (unpaired) electrons. The average Bonchev–Trinajstić information content (AvgIpc) is 2.10. The van der Waals surface area contributed by atoms with Gasteiger partial charge >= 0.3 is 0 Å². The van der Waals surface area contributed by atoms with Crippen molar-refractivity contribution in [3.05, 3.63) is 28.8 Å². The lowest BCUT2D eigenvalue weighted by molar-refractivity contribution is 0.400. The van der Waals surface area contributed by atoms with Crippen molar-refractivity contribution in [2.75, 3.05) is 26.4 Å². The van der Waals surface area contributed by atoms with E-state index < -0.39 is 0 Å². The van der Waals surface area contributed by atoms with Crippen molar-refractivity contribution in [1.29, 1.82) is 0 Å². The molecule has 1 aromatic rings. The SMILES string of the molecule is CN(C)CCCc1cc(Cl)ccc1N. The highest BCUT2D eigenvalue weighted by molar-refractivity contribution is 6.30. The number of hydrogen-bond donors (Lipinski definition) is 1. The van der Waals surface area contributed by atoms with E-state index in [9.17, 15) is 0 Å². The first-order valence-electron chi connectivity index (χ1n) is 4.78. The molecule has 0 heterocycles. The summed E-state index contributed by atoms with van der Waals surface area (Å²) in [4.78, 5) is 2.17. The second-order valence-electron chi connectivity index (χ2n) is 3.75. The molecule has 0 unspecified atom stereocenters. The largest absolute Gasteiger partial charge is 0.399 e. The first kappa shape index (κ1) is 11.3. The van der Waals surface area contributed by atoms with Gasteiger partial charge in [-0.15, -0.1) is 0 Å². The first-order chi connectivity index (χ1) is 6.59. The van der Waals surface area contributed by atoms with Crippen molar-refractivity contribution in [2.24, 2.45) is 0 Å². The fourth-order valence-electron chi connectivity index (χ4n) is 1.38. The number of nitrogens with zero attached hydrogens (tertiary/aromatic N) is 1. The van der Waals surface area contributed by atoms with E-state index in [1.165, 1.54) is 0 Å². The van der Waals surface area contributed by atoms with Gasteiger partial charge in [-0.3, -0.25) is 0 Å². The molecule has 3 heteroatoms. The minimum Gasteiger partial charge on any atom is -0.399 e. The van der Waals surface area contributed by atoms with Crippen molar-refractivity contribution in [1.82, 2.24) is 4.90 Å². The molecular weight excluding hydrogens is 196 g/mol. The molecule has 0 aliphatic carbocycles. The maximum absolute atomic E-state index is 5.89. The van der Waals surface area contributed by atoms with Crippen LogP contribution in [0.2, 0.25) is 5.02 Å². The molecule has 0 bridgehead atoms. The summed E-state index contributed by atoms with van der Waals surface area (Å²) in [6.45, 7) is 1.08. The van der Waals surface area contributed by atoms with E-state index in [1.807, 2.05) is 18.2 Å². The second kappa shape index (κ2) is 5.23. The molecule has 78 valence electrons. The van der Waals surface area contributed by atoms with E-state index in [4.69, 9.17) is 17.3 Å². The van der Waals surface area contributed by atoms with Crippen LogP contribution in [0.5, 0.6) is 0 Å². The molecule has 0 aromatic heterocycles. The number of rotatable bonds is 4. The predicted octanol–water partition coefficient (Wildman–Crippen LogP) is 2.42. The zero-order valence-corrected chi connectivity index (χ0v) is 9.51. The van der Waals surface area contributed by atoms with Gasteiger partial charge in [0, 0.05) is 10.7 Å². The van der Waals surface area contributed by atoms with Crippen LogP contribution in [0.4, 0.5) is 5.69 Å². The summed E-state index contributed by atoms with van der Waals surface area (Å²) in [5.74, 6) is 0. The normalized spacial score (nSPS) is 10.9. The van der Waals surface area contributed by atoms with Gasteiger partial charge in [0.2, 0.25) is 0 Å². The number of nitrogens with two attached hydrogens (primary N) is 1. The summed E-state index contributed by atoms with van der Waals surface area (Å²) in [6, 6.07) is 5.65. The lowest BCUT2D eigenvalue weighted by Gasteiger charge is -2.10. The Morgan fingerprint density at radius 2 is 2.07 bits per heavy atom. The molecule has 0 amide bonds. The van der Waals surface area contributed by atoms with Gasteiger partial charge in [0.05, 0.1) is 0 Å². The Balaban J connectivity index is 2.53. The number of benzene rings is 1. The third kappa shape index (κ3) is 3.56. The highest BCUT2D eigenvalue weighted by atomic mass is 35.5. The van der Waals surface area contributed by atoms with Crippen LogP contribution in [0.15, 0.2) is 18.2 Å². The van der Waals surface area contributed by atoms with Crippen molar-refractivity contribution >= 4 is 17.3 Å². The van der Waals surface area contributed by atoms with Gasteiger partial charge in [-0.25, -0.2) is 0 Å². The average molecular weight is 213 g/mol. The lowest BCUT2D eigenvalue weighted by Crippen LogP contribution is -2.13. The maximum Gasteiger partial charge on any atom is 0.0410 e. The molecule has 14 heavy (non-hydrogen) atoms. The standard InChI is InChI=1S/C11H17ClN2/c1-14(2)7-3-4-9-8-10(12)5-6-11(9)13/h5-6,8H,3-4,7,13H2,1-2H3. The molecule has 0 aliphatic rings. The molecule has 1 aromatic carbocycles. The third-order valence-electron chi connectivity index (χ3n) is 2.16. The van der Waals surface area contributed by atoms with Crippen LogP contribution < -0.4 is 5.73 Å². The molecule has 0 saturated carbocycles. The van der Waals surface area contributed by atoms with Crippen LogP contribution in [0, 0.1) is 0 Å². The highest BCUT2D eigenvalue weighted by Crippen LogP contribution is 2.19. The minimum atomic E-state index is 0.763. The third-order valence-corrected chi connectivity index (χ3v) is 2.39. The van der Waals surface area contributed by atoms with Gasteiger partial charge in [0.1, 0.15) is 0 Å². The topological polar surface area (TPSA) is 29.3 Å². The van der Waals surface area contributed by atoms with Crippen LogP contribution in [-0.4, -0.2) is 25.5 Å². The van der Waals surface area contributed by atoms with Gasteiger partial charge in [0.15, 0.2) is 0 Å². The highest BCUT2D eigenvalue weighted by Gasteiger charge is 2.00. The monoisotopic (exact) mass is 212 g/mol. The van der Waals surface area contributed by atoms with Crippen LogP contribution in [0.3, 0.4) is 0 Å². The van der Waals surface area contributed by atoms with E-state index in [1.54, 1.807) is 0 Å². The van der Waals surface area contributed by atoms with Crippen molar-refractivity contribution in [3.63, 3.8) is 0 Å². The molecule has 2 N–H and O–H groups in total. The van der Waals surface area contributed by atoms with E-state index in [-0.39, 0.29) is 0 Å². The summed E-state index contributed by atoms with van der Waals surface area (Å²) < 4.78 is 0. The molecule has 0 atom stereocenters.